The molecule has 2 atom stereocenters. The molecular formula is C30H40N2O6. The summed E-state index contributed by atoms with van der Waals surface area (Å²) in [6, 6.07) is 12.3. The van der Waals surface area contributed by atoms with Gasteiger partial charge in [0.15, 0.2) is 0 Å². The van der Waals surface area contributed by atoms with Crippen LogP contribution in [-0.4, -0.2) is 50.7 Å². The lowest BCUT2D eigenvalue weighted by Gasteiger charge is -2.22. The van der Waals surface area contributed by atoms with Gasteiger partial charge < -0.3 is 29.6 Å². The number of fused-ring (bicyclic) bond motifs is 2. The van der Waals surface area contributed by atoms with Gasteiger partial charge in [-0.05, 0) is 52.7 Å². The maximum Gasteiger partial charge on any atom is 0.407 e. The third kappa shape index (κ3) is 7.21. The SMILES string of the molecule is CCNC(=O)OC(CC)COc1c2ccc(C)cc2c(OCC(CC)OC(=O)NCC)c2ccc(C)cc12. The molecule has 0 aliphatic carbocycles. The number of alkyl carbamates (subject to hydrolysis) is 2. The van der Waals surface area contributed by atoms with Crippen LogP contribution >= 0.6 is 0 Å². The van der Waals surface area contributed by atoms with Gasteiger partial charge in [0.2, 0.25) is 0 Å². The highest BCUT2D eigenvalue weighted by Gasteiger charge is 2.21. The van der Waals surface area contributed by atoms with Gasteiger partial charge in [0.1, 0.15) is 36.9 Å². The fraction of sp³-hybridized carbons (Fsp3) is 0.467. The highest BCUT2D eigenvalue weighted by atomic mass is 16.6. The molecule has 0 heterocycles. The van der Waals surface area contributed by atoms with Crippen molar-refractivity contribution in [3.63, 3.8) is 0 Å². The second-order valence-electron chi connectivity index (χ2n) is 9.31. The zero-order valence-corrected chi connectivity index (χ0v) is 23.3. The Morgan fingerprint density at radius 3 is 1.39 bits per heavy atom. The van der Waals surface area contributed by atoms with Crippen LogP contribution in [0.4, 0.5) is 9.59 Å². The quantitative estimate of drug-likeness (QED) is 0.266. The highest BCUT2D eigenvalue weighted by Crippen LogP contribution is 2.43. The maximum atomic E-state index is 12.0. The molecular weight excluding hydrogens is 484 g/mol. The van der Waals surface area contributed by atoms with E-state index in [1.54, 1.807) is 0 Å². The maximum absolute atomic E-state index is 12.0. The first-order chi connectivity index (χ1) is 18.3. The van der Waals surface area contributed by atoms with Crippen LogP contribution in [-0.2, 0) is 9.47 Å². The van der Waals surface area contributed by atoms with E-state index in [-0.39, 0.29) is 13.2 Å². The number of hydrogen-bond acceptors (Lipinski definition) is 6. The van der Waals surface area contributed by atoms with Gasteiger partial charge in [-0.2, -0.15) is 0 Å². The summed E-state index contributed by atoms with van der Waals surface area (Å²) in [4.78, 5) is 24.0. The van der Waals surface area contributed by atoms with E-state index in [4.69, 9.17) is 18.9 Å². The van der Waals surface area contributed by atoms with Gasteiger partial charge in [-0.1, -0.05) is 49.2 Å². The van der Waals surface area contributed by atoms with Crippen LogP contribution in [0.15, 0.2) is 36.4 Å². The first-order valence-electron chi connectivity index (χ1n) is 13.4. The topological polar surface area (TPSA) is 95.1 Å². The molecule has 0 aromatic heterocycles. The average Bonchev–Trinajstić information content (AvgIpc) is 2.89. The van der Waals surface area contributed by atoms with Crippen molar-refractivity contribution in [1.82, 2.24) is 10.6 Å². The summed E-state index contributed by atoms with van der Waals surface area (Å²) in [6.45, 7) is 13.1. The fourth-order valence-corrected chi connectivity index (χ4v) is 4.19. The standard InChI is InChI=1S/C30H40N2O6/c1-7-21(37-29(33)31-9-3)17-35-27-23-13-11-20(6)16-26(23)28(24-14-12-19(5)15-25(24)27)36-18-22(8-2)38-30(34)32-10-4/h11-16,21-22H,7-10,17-18H2,1-6H3,(H,31,33)(H,32,34). The van der Waals surface area contributed by atoms with Crippen LogP contribution in [0.1, 0.15) is 51.7 Å². The molecule has 3 rings (SSSR count). The Morgan fingerprint density at radius 1 is 0.658 bits per heavy atom. The second-order valence-corrected chi connectivity index (χ2v) is 9.31. The molecule has 3 aromatic rings. The van der Waals surface area contributed by atoms with Crippen molar-refractivity contribution in [1.29, 1.82) is 0 Å². The van der Waals surface area contributed by atoms with Crippen molar-refractivity contribution in [3.8, 4) is 11.5 Å². The van der Waals surface area contributed by atoms with Crippen LogP contribution in [0, 0.1) is 13.8 Å². The number of aryl methyl sites for hydroxylation is 2. The average molecular weight is 525 g/mol. The van der Waals surface area contributed by atoms with Crippen molar-refractivity contribution < 1.29 is 28.5 Å². The minimum Gasteiger partial charge on any atom is -0.488 e. The predicted octanol–water partition coefficient (Wildman–Crippen LogP) is 6.42. The number of rotatable bonds is 12. The zero-order chi connectivity index (χ0) is 27.7. The minimum absolute atomic E-state index is 0.220. The number of carbonyl (C=O) groups is 2. The highest BCUT2D eigenvalue weighted by molar-refractivity contribution is 6.11. The summed E-state index contributed by atoms with van der Waals surface area (Å²) in [5.74, 6) is 1.43. The van der Waals surface area contributed by atoms with Gasteiger partial charge in [-0.25, -0.2) is 9.59 Å². The number of amides is 2. The molecule has 0 fully saturated rings. The first-order valence-corrected chi connectivity index (χ1v) is 13.4. The summed E-state index contributed by atoms with van der Waals surface area (Å²) in [7, 11) is 0. The molecule has 2 unspecified atom stereocenters. The van der Waals surface area contributed by atoms with E-state index < -0.39 is 24.4 Å². The Morgan fingerprint density at radius 2 is 1.05 bits per heavy atom. The van der Waals surface area contributed by atoms with Gasteiger partial charge in [0.05, 0.1) is 0 Å². The second kappa shape index (κ2) is 13.7. The molecule has 0 aliphatic rings. The molecule has 2 N–H and O–H groups in total. The van der Waals surface area contributed by atoms with Crippen LogP contribution < -0.4 is 20.1 Å². The molecule has 8 heteroatoms. The molecule has 206 valence electrons. The zero-order valence-electron chi connectivity index (χ0n) is 23.3. The smallest absolute Gasteiger partial charge is 0.407 e. The monoisotopic (exact) mass is 524 g/mol. The summed E-state index contributed by atoms with van der Waals surface area (Å²) in [5, 5.41) is 8.94. The van der Waals surface area contributed by atoms with Crippen molar-refractivity contribution in [2.45, 2.75) is 66.6 Å². The summed E-state index contributed by atoms with van der Waals surface area (Å²) in [6.07, 6.45) is -0.447. The number of ether oxygens (including phenoxy) is 4. The normalized spacial score (nSPS) is 12.6. The largest absolute Gasteiger partial charge is 0.488 e. The lowest BCUT2D eigenvalue weighted by molar-refractivity contribution is 0.0631. The van der Waals surface area contributed by atoms with Crippen molar-refractivity contribution in [3.05, 3.63) is 47.5 Å². The Labute approximate surface area is 225 Å². The predicted molar refractivity (Wildman–Crippen MR) is 150 cm³/mol. The van der Waals surface area contributed by atoms with E-state index in [1.165, 1.54) is 0 Å². The Bertz CT molecular complexity index is 1160. The minimum atomic E-state index is -0.451. The van der Waals surface area contributed by atoms with Gasteiger partial charge in [-0.15, -0.1) is 0 Å². The van der Waals surface area contributed by atoms with Crippen LogP contribution in [0.25, 0.3) is 21.5 Å². The van der Waals surface area contributed by atoms with E-state index in [0.717, 1.165) is 44.2 Å². The number of hydrogen-bond donors (Lipinski definition) is 2. The third-order valence-corrected chi connectivity index (χ3v) is 6.26. The lowest BCUT2D eigenvalue weighted by atomic mass is 9.97. The van der Waals surface area contributed by atoms with Crippen molar-refractivity contribution in [2.75, 3.05) is 26.3 Å². The van der Waals surface area contributed by atoms with E-state index in [0.29, 0.717) is 25.9 Å². The first kappa shape index (κ1) is 28.9. The fourth-order valence-electron chi connectivity index (χ4n) is 4.19. The van der Waals surface area contributed by atoms with E-state index in [1.807, 2.05) is 65.8 Å². The van der Waals surface area contributed by atoms with Gasteiger partial charge in [0, 0.05) is 34.6 Å². The van der Waals surface area contributed by atoms with Gasteiger partial charge in [0.25, 0.3) is 0 Å². The molecule has 0 aliphatic heterocycles. The third-order valence-electron chi connectivity index (χ3n) is 6.26. The van der Waals surface area contributed by atoms with Crippen LogP contribution in [0.3, 0.4) is 0 Å². The molecule has 0 saturated carbocycles. The molecule has 0 saturated heterocycles. The molecule has 0 radical (unpaired) electrons. The van der Waals surface area contributed by atoms with E-state index in [2.05, 4.69) is 22.8 Å². The van der Waals surface area contributed by atoms with E-state index in [9.17, 15) is 9.59 Å². The Hall–Kier alpha value is -3.68. The molecule has 0 bridgehead atoms. The summed E-state index contributed by atoms with van der Waals surface area (Å²) < 4.78 is 23.9. The van der Waals surface area contributed by atoms with Crippen LogP contribution in [0.2, 0.25) is 0 Å². The summed E-state index contributed by atoms with van der Waals surface area (Å²) in [5.41, 5.74) is 2.16. The van der Waals surface area contributed by atoms with E-state index >= 15 is 0 Å². The molecule has 0 spiro atoms. The number of benzene rings is 3. The van der Waals surface area contributed by atoms with Crippen LogP contribution in [0.5, 0.6) is 11.5 Å². The molecule has 2 amide bonds. The number of nitrogens with one attached hydrogen (secondary N) is 2. The van der Waals surface area contributed by atoms with Crippen molar-refractivity contribution in [2.24, 2.45) is 0 Å². The summed E-state index contributed by atoms with van der Waals surface area (Å²) >= 11 is 0. The molecule has 3 aromatic carbocycles. The van der Waals surface area contributed by atoms with Crippen molar-refractivity contribution >= 4 is 33.7 Å². The molecule has 38 heavy (non-hydrogen) atoms. The van der Waals surface area contributed by atoms with Gasteiger partial charge >= 0.3 is 12.2 Å². The Balaban J connectivity index is 2.02. The number of carbonyl (C=O) groups excluding carboxylic acids is 2. The lowest BCUT2D eigenvalue weighted by Crippen LogP contribution is -2.31. The molecule has 8 nitrogen and oxygen atoms in total. The Kier molecular flexibility index (Phi) is 10.4. The van der Waals surface area contributed by atoms with Gasteiger partial charge in [-0.3, -0.25) is 0 Å².